The van der Waals surface area contributed by atoms with Crippen molar-refractivity contribution >= 4 is 18.1 Å². The van der Waals surface area contributed by atoms with E-state index < -0.39 is 0 Å². The molecule has 0 aliphatic carbocycles. The van der Waals surface area contributed by atoms with E-state index in [-0.39, 0.29) is 23.7 Å². The van der Waals surface area contributed by atoms with Gasteiger partial charge < -0.3 is 15.6 Å². The van der Waals surface area contributed by atoms with Crippen molar-refractivity contribution in [3.8, 4) is 0 Å². The Labute approximate surface area is 139 Å². The lowest BCUT2D eigenvalue weighted by Gasteiger charge is -2.06. The minimum absolute atomic E-state index is 0.132. The number of aryl methyl sites for hydroxylation is 1. The van der Waals surface area contributed by atoms with Crippen molar-refractivity contribution in [1.82, 2.24) is 9.88 Å². The van der Waals surface area contributed by atoms with Crippen LogP contribution in [0.4, 0.5) is 4.39 Å². The summed E-state index contributed by atoms with van der Waals surface area (Å²) in [6.07, 6.45) is 5.47. The number of nitrogens with zero attached hydrogens (tertiary/aromatic N) is 1. The maximum Gasteiger partial charge on any atom is 0.251 e. The highest BCUT2D eigenvalue weighted by atomic mass is 19.1. The summed E-state index contributed by atoms with van der Waals surface area (Å²) in [6, 6.07) is 9.37. The van der Waals surface area contributed by atoms with E-state index in [1.807, 2.05) is 0 Å². The van der Waals surface area contributed by atoms with Gasteiger partial charge in [0.1, 0.15) is 5.82 Å². The number of hydrogen-bond donors (Lipinski definition) is 2. The number of pyridine rings is 1. The largest absolute Gasteiger partial charge is 0.355 e. The van der Waals surface area contributed by atoms with Crippen molar-refractivity contribution in [1.29, 1.82) is 0 Å². The van der Waals surface area contributed by atoms with E-state index in [0.717, 1.165) is 11.1 Å². The van der Waals surface area contributed by atoms with Crippen LogP contribution in [0.2, 0.25) is 0 Å². The van der Waals surface area contributed by atoms with Crippen LogP contribution in [-0.4, -0.2) is 23.6 Å². The van der Waals surface area contributed by atoms with Gasteiger partial charge in [-0.2, -0.15) is 0 Å². The number of aromatic nitrogens is 1. The molecule has 0 atom stereocenters. The van der Waals surface area contributed by atoms with Crippen LogP contribution < -0.4 is 16.6 Å². The van der Waals surface area contributed by atoms with E-state index in [0.29, 0.717) is 19.6 Å². The lowest BCUT2D eigenvalue weighted by atomic mass is 10.1. The second-order valence-corrected chi connectivity index (χ2v) is 5.27. The molecule has 1 aromatic heterocycles. The summed E-state index contributed by atoms with van der Waals surface area (Å²) in [7, 11) is 0. The predicted molar refractivity (Wildman–Crippen MR) is 92.7 cm³/mol. The van der Waals surface area contributed by atoms with Gasteiger partial charge in [0, 0.05) is 38.3 Å². The fourth-order valence-electron chi connectivity index (χ4n) is 2.10. The molecule has 1 heterocycles. The smallest absolute Gasteiger partial charge is 0.251 e. The summed E-state index contributed by atoms with van der Waals surface area (Å²) in [4.78, 5) is 23.6. The van der Waals surface area contributed by atoms with Crippen LogP contribution in [-0.2, 0) is 11.3 Å². The highest BCUT2D eigenvalue weighted by Crippen LogP contribution is 2.08. The second kappa shape index (κ2) is 8.79. The Morgan fingerprint density at radius 2 is 1.88 bits per heavy atom. The van der Waals surface area contributed by atoms with Crippen molar-refractivity contribution in [2.75, 3.05) is 13.1 Å². The molecular formula is C18H20FN3O2. The third-order valence-corrected chi connectivity index (χ3v) is 3.40. The molecule has 0 fully saturated rings. The molecule has 0 radical (unpaired) electrons. The lowest BCUT2D eigenvalue weighted by molar-refractivity contribution is -0.121. The molecule has 5 nitrogen and oxygen atoms in total. The Hall–Kier alpha value is -2.73. The van der Waals surface area contributed by atoms with Crippen molar-refractivity contribution < 1.29 is 9.18 Å². The number of carbonyl (C=O) groups is 1. The maximum atomic E-state index is 12.8. The number of amides is 1. The molecule has 2 aromatic rings. The summed E-state index contributed by atoms with van der Waals surface area (Å²) in [5.74, 6) is -0.419. The number of nitrogens with two attached hydrogens (primary N) is 1. The summed E-state index contributed by atoms with van der Waals surface area (Å²) in [6.45, 7) is 1.14. The number of hydrogen-bond acceptors (Lipinski definition) is 3. The molecule has 24 heavy (non-hydrogen) atoms. The number of nitrogens with one attached hydrogen (secondary N) is 1. The molecule has 1 aromatic carbocycles. The van der Waals surface area contributed by atoms with Gasteiger partial charge >= 0.3 is 0 Å². The SMILES string of the molecule is NCCNC(=O)CCn1ccc(/C=C/c2ccc(F)cc2)cc1=O. The van der Waals surface area contributed by atoms with E-state index in [4.69, 9.17) is 5.73 Å². The molecule has 0 saturated heterocycles. The minimum atomic E-state index is -0.287. The molecular weight excluding hydrogens is 309 g/mol. The van der Waals surface area contributed by atoms with Gasteiger partial charge in [0.2, 0.25) is 5.91 Å². The van der Waals surface area contributed by atoms with Gasteiger partial charge in [-0.3, -0.25) is 9.59 Å². The standard InChI is InChI=1S/C18H20FN3O2/c19-16-5-3-14(4-6-16)1-2-15-7-11-22(18(24)13-15)12-8-17(23)21-10-9-20/h1-7,11,13H,8-10,12,20H2,(H,21,23)/b2-1+. The zero-order valence-electron chi connectivity index (χ0n) is 13.2. The first-order chi connectivity index (χ1) is 11.6. The van der Waals surface area contributed by atoms with Crippen LogP contribution in [0.1, 0.15) is 17.5 Å². The topological polar surface area (TPSA) is 77.1 Å². The number of halogens is 1. The molecule has 6 heteroatoms. The van der Waals surface area contributed by atoms with Gasteiger partial charge in [0.05, 0.1) is 0 Å². The Balaban J connectivity index is 1.97. The Morgan fingerprint density at radius 3 is 2.54 bits per heavy atom. The van der Waals surface area contributed by atoms with E-state index >= 15 is 0 Å². The normalized spacial score (nSPS) is 10.9. The number of benzene rings is 1. The van der Waals surface area contributed by atoms with Crippen LogP contribution >= 0.6 is 0 Å². The Morgan fingerprint density at radius 1 is 1.17 bits per heavy atom. The van der Waals surface area contributed by atoms with Crippen molar-refractivity contribution in [2.24, 2.45) is 5.73 Å². The van der Waals surface area contributed by atoms with Crippen LogP contribution in [0.25, 0.3) is 12.2 Å². The fraction of sp³-hybridized carbons (Fsp3) is 0.222. The number of rotatable bonds is 7. The van der Waals surface area contributed by atoms with E-state index in [1.54, 1.807) is 36.5 Å². The summed E-state index contributed by atoms with van der Waals surface area (Å²) >= 11 is 0. The van der Waals surface area contributed by atoms with Gasteiger partial charge in [-0.05, 0) is 29.3 Å². The predicted octanol–water partition coefficient (Wildman–Crippen LogP) is 1.62. The van der Waals surface area contributed by atoms with E-state index in [9.17, 15) is 14.0 Å². The van der Waals surface area contributed by atoms with E-state index in [2.05, 4.69) is 5.32 Å². The third kappa shape index (κ3) is 5.48. The average molecular weight is 329 g/mol. The minimum Gasteiger partial charge on any atom is -0.355 e. The zero-order valence-corrected chi connectivity index (χ0v) is 13.2. The van der Waals surface area contributed by atoms with Gasteiger partial charge in [0.25, 0.3) is 5.56 Å². The summed E-state index contributed by atoms with van der Waals surface area (Å²) < 4.78 is 14.3. The van der Waals surface area contributed by atoms with Crippen molar-refractivity contribution in [3.63, 3.8) is 0 Å². The second-order valence-electron chi connectivity index (χ2n) is 5.27. The average Bonchev–Trinajstić information content (AvgIpc) is 2.58. The van der Waals surface area contributed by atoms with Crippen molar-refractivity contribution in [3.05, 3.63) is 69.9 Å². The highest BCUT2D eigenvalue weighted by Gasteiger charge is 2.02. The summed E-state index contributed by atoms with van der Waals surface area (Å²) in [5.41, 5.74) is 6.72. The van der Waals surface area contributed by atoms with Crippen LogP contribution in [0.15, 0.2) is 47.4 Å². The molecule has 0 aliphatic rings. The Kier molecular flexibility index (Phi) is 6.45. The monoisotopic (exact) mass is 329 g/mol. The summed E-state index contributed by atoms with van der Waals surface area (Å²) in [5, 5.41) is 2.66. The molecule has 3 N–H and O–H groups in total. The molecule has 0 unspecified atom stereocenters. The number of carbonyl (C=O) groups excluding carboxylic acids is 1. The molecule has 126 valence electrons. The first kappa shape index (κ1) is 17.6. The molecule has 1 amide bonds. The van der Waals surface area contributed by atoms with Crippen LogP contribution in [0, 0.1) is 5.82 Å². The van der Waals surface area contributed by atoms with E-state index in [1.165, 1.54) is 22.8 Å². The van der Waals surface area contributed by atoms with Gasteiger partial charge in [-0.25, -0.2) is 4.39 Å². The molecule has 0 bridgehead atoms. The van der Waals surface area contributed by atoms with Crippen LogP contribution in [0.5, 0.6) is 0 Å². The zero-order chi connectivity index (χ0) is 17.4. The molecule has 2 rings (SSSR count). The first-order valence-corrected chi connectivity index (χ1v) is 7.69. The van der Waals surface area contributed by atoms with Crippen LogP contribution in [0.3, 0.4) is 0 Å². The molecule has 0 aliphatic heterocycles. The van der Waals surface area contributed by atoms with Gasteiger partial charge in [-0.15, -0.1) is 0 Å². The molecule has 0 spiro atoms. The van der Waals surface area contributed by atoms with Gasteiger partial charge in [0.15, 0.2) is 0 Å². The Bertz CT molecular complexity index is 767. The highest BCUT2D eigenvalue weighted by molar-refractivity contribution is 5.75. The fourth-order valence-corrected chi connectivity index (χ4v) is 2.10. The maximum absolute atomic E-state index is 12.8. The first-order valence-electron chi connectivity index (χ1n) is 7.69. The third-order valence-electron chi connectivity index (χ3n) is 3.40. The lowest BCUT2D eigenvalue weighted by Crippen LogP contribution is -2.30. The quantitative estimate of drug-likeness (QED) is 0.810. The van der Waals surface area contributed by atoms with Crippen molar-refractivity contribution in [2.45, 2.75) is 13.0 Å². The van der Waals surface area contributed by atoms with Gasteiger partial charge in [-0.1, -0.05) is 24.3 Å². The molecule has 0 saturated carbocycles.